The highest BCUT2D eigenvalue weighted by molar-refractivity contribution is 5.64. The van der Waals surface area contributed by atoms with Crippen LogP contribution in [0.1, 0.15) is 18.4 Å². The molecule has 1 fully saturated rings. The van der Waals surface area contributed by atoms with Crippen LogP contribution in [0, 0.1) is 11.3 Å². The zero-order chi connectivity index (χ0) is 17.4. The van der Waals surface area contributed by atoms with E-state index in [1.54, 1.807) is 20.3 Å². The summed E-state index contributed by atoms with van der Waals surface area (Å²) in [6.45, 7) is 5.21. The first-order chi connectivity index (χ1) is 11.7. The van der Waals surface area contributed by atoms with Gasteiger partial charge >= 0.3 is 0 Å². The average Bonchev–Trinajstić information content (AvgIpc) is 2.62. The summed E-state index contributed by atoms with van der Waals surface area (Å²) in [5, 5.41) is 9.34. The van der Waals surface area contributed by atoms with E-state index in [4.69, 9.17) is 15.2 Å². The first-order valence-electron chi connectivity index (χ1n) is 8.46. The van der Waals surface area contributed by atoms with E-state index in [9.17, 15) is 5.26 Å². The normalized spacial score (nSPS) is 15.7. The molecule has 0 spiro atoms. The molecule has 1 aliphatic heterocycles. The predicted molar refractivity (Wildman–Crippen MR) is 96.1 cm³/mol. The van der Waals surface area contributed by atoms with Gasteiger partial charge in [-0.1, -0.05) is 0 Å². The number of benzene rings is 1. The third-order valence-electron chi connectivity index (χ3n) is 4.63. The first-order valence-corrected chi connectivity index (χ1v) is 8.46. The van der Waals surface area contributed by atoms with Crippen LogP contribution in [0.5, 0.6) is 0 Å². The Labute approximate surface area is 144 Å². The highest BCUT2D eigenvalue weighted by Gasteiger charge is 2.25. The molecule has 1 aromatic carbocycles. The van der Waals surface area contributed by atoms with Crippen LogP contribution in [0.25, 0.3) is 0 Å². The van der Waals surface area contributed by atoms with Crippen LogP contribution >= 0.6 is 0 Å². The van der Waals surface area contributed by atoms with Crippen molar-refractivity contribution in [3.63, 3.8) is 0 Å². The van der Waals surface area contributed by atoms with Crippen molar-refractivity contribution < 1.29 is 9.47 Å². The molecule has 2 N–H and O–H groups in total. The van der Waals surface area contributed by atoms with Gasteiger partial charge in [0.15, 0.2) is 0 Å². The Bertz CT molecular complexity index is 542. The minimum absolute atomic E-state index is 0.533. The molecule has 0 radical (unpaired) electrons. The summed E-state index contributed by atoms with van der Waals surface area (Å²) in [7, 11) is 3.48. The van der Waals surface area contributed by atoms with Crippen molar-refractivity contribution in [2.75, 3.05) is 64.2 Å². The molecule has 0 amide bonds. The molecule has 1 aliphatic rings. The van der Waals surface area contributed by atoms with Crippen molar-refractivity contribution >= 4 is 11.4 Å². The average molecular weight is 332 g/mol. The number of hydrogen-bond acceptors (Lipinski definition) is 6. The molecule has 1 aromatic rings. The van der Waals surface area contributed by atoms with Crippen molar-refractivity contribution in [3.8, 4) is 6.07 Å². The van der Waals surface area contributed by atoms with E-state index in [0.717, 1.165) is 57.9 Å². The topological polar surface area (TPSA) is 74.8 Å². The molecule has 1 heterocycles. The number of piperidine rings is 1. The van der Waals surface area contributed by atoms with Crippen LogP contribution in [-0.4, -0.2) is 64.6 Å². The number of nitrogens with two attached hydrogens (primary N) is 1. The number of nitrogens with zero attached hydrogens (tertiary/aromatic N) is 3. The summed E-state index contributed by atoms with van der Waals surface area (Å²) in [6, 6.07) is 8.37. The highest BCUT2D eigenvalue weighted by Crippen LogP contribution is 2.27. The van der Waals surface area contributed by atoms with Gasteiger partial charge in [0.2, 0.25) is 0 Å². The Morgan fingerprint density at radius 3 is 2.38 bits per heavy atom. The molecule has 6 nitrogen and oxygen atoms in total. The molecular weight excluding hydrogens is 304 g/mol. The second-order valence-corrected chi connectivity index (χ2v) is 6.13. The minimum Gasteiger partial charge on any atom is -0.399 e. The smallest absolute Gasteiger partial charge is 0.101 e. The summed E-state index contributed by atoms with van der Waals surface area (Å²) in [4.78, 5) is 4.75. The van der Waals surface area contributed by atoms with Gasteiger partial charge in [-0.05, 0) is 31.0 Å². The largest absolute Gasteiger partial charge is 0.399 e. The van der Waals surface area contributed by atoms with E-state index < -0.39 is 0 Å². The molecule has 0 bridgehead atoms. The van der Waals surface area contributed by atoms with E-state index in [0.29, 0.717) is 17.3 Å². The predicted octanol–water partition coefficient (Wildman–Crippen LogP) is 1.70. The molecule has 24 heavy (non-hydrogen) atoms. The van der Waals surface area contributed by atoms with E-state index in [-0.39, 0.29) is 0 Å². The summed E-state index contributed by atoms with van der Waals surface area (Å²) < 4.78 is 10.5. The zero-order valence-corrected chi connectivity index (χ0v) is 14.7. The summed E-state index contributed by atoms with van der Waals surface area (Å²) in [6.07, 6.45) is 2.14. The van der Waals surface area contributed by atoms with Crippen molar-refractivity contribution in [2.45, 2.75) is 18.9 Å². The standard InChI is InChI=1S/C18H28N4O2/c1-23-11-9-21(10-12-24-2)17-5-7-22(8-6-17)18-4-3-16(20)13-15(18)14-19/h3-4,13,17H,5-12,20H2,1-2H3. The lowest BCUT2D eigenvalue weighted by molar-refractivity contribution is 0.0787. The lowest BCUT2D eigenvalue weighted by Gasteiger charge is -2.39. The van der Waals surface area contributed by atoms with Crippen LogP contribution in [0.4, 0.5) is 11.4 Å². The van der Waals surface area contributed by atoms with Gasteiger partial charge in [-0.2, -0.15) is 5.26 Å². The maximum atomic E-state index is 9.34. The van der Waals surface area contributed by atoms with Gasteiger partial charge in [0.05, 0.1) is 24.5 Å². The number of methoxy groups -OCH3 is 2. The molecule has 6 heteroatoms. The van der Waals surface area contributed by atoms with Gasteiger partial charge in [0.1, 0.15) is 6.07 Å². The summed E-state index contributed by atoms with van der Waals surface area (Å²) in [5.41, 5.74) is 8.07. The maximum Gasteiger partial charge on any atom is 0.101 e. The second-order valence-electron chi connectivity index (χ2n) is 6.13. The highest BCUT2D eigenvalue weighted by atomic mass is 16.5. The Morgan fingerprint density at radius 2 is 1.83 bits per heavy atom. The quantitative estimate of drug-likeness (QED) is 0.731. The van der Waals surface area contributed by atoms with E-state index in [1.807, 2.05) is 12.1 Å². The fourth-order valence-electron chi connectivity index (χ4n) is 3.28. The van der Waals surface area contributed by atoms with Crippen molar-refractivity contribution in [1.82, 2.24) is 4.90 Å². The van der Waals surface area contributed by atoms with Crippen molar-refractivity contribution in [2.24, 2.45) is 0 Å². The number of anilines is 2. The van der Waals surface area contributed by atoms with Crippen molar-refractivity contribution in [3.05, 3.63) is 23.8 Å². The van der Waals surface area contributed by atoms with Gasteiger partial charge in [-0.25, -0.2) is 0 Å². The lowest BCUT2D eigenvalue weighted by atomic mass is 10.0. The molecule has 0 atom stereocenters. The van der Waals surface area contributed by atoms with Gasteiger partial charge in [0.25, 0.3) is 0 Å². The molecule has 132 valence electrons. The summed E-state index contributed by atoms with van der Waals surface area (Å²) >= 11 is 0. The Morgan fingerprint density at radius 1 is 1.21 bits per heavy atom. The third kappa shape index (κ3) is 4.84. The number of nitrogen functional groups attached to an aromatic ring is 1. The lowest BCUT2D eigenvalue weighted by Crippen LogP contribution is -2.47. The molecule has 0 saturated carbocycles. The van der Waals surface area contributed by atoms with Crippen molar-refractivity contribution in [1.29, 1.82) is 5.26 Å². The van der Waals surface area contributed by atoms with Gasteiger partial charge in [-0.3, -0.25) is 4.90 Å². The molecule has 0 aromatic heterocycles. The van der Waals surface area contributed by atoms with Crippen LogP contribution in [-0.2, 0) is 9.47 Å². The zero-order valence-electron chi connectivity index (χ0n) is 14.7. The van der Waals surface area contributed by atoms with E-state index in [1.165, 1.54) is 0 Å². The Balaban J connectivity index is 1.97. The van der Waals surface area contributed by atoms with Crippen LogP contribution < -0.4 is 10.6 Å². The monoisotopic (exact) mass is 332 g/mol. The minimum atomic E-state index is 0.533. The number of nitriles is 1. The molecule has 0 aliphatic carbocycles. The number of ether oxygens (including phenoxy) is 2. The molecular formula is C18H28N4O2. The first kappa shape index (κ1) is 18.5. The van der Waals surface area contributed by atoms with Gasteiger partial charge in [-0.15, -0.1) is 0 Å². The molecule has 0 unspecified atom stereocenters. The summed E-state index contributed by atoms with van der Waals surface area (Å²) in [5.74, 6) is 0. The van der Waals surface area contributed by atoms with Crippen LogP contribution in [0.3, 0.4) is 0 Å². The third-order valence-corrected chi connectivity index (χ3v) is 4.63. The fraction of sp³-hybridized carbons (Fsp3) is 0.611. The second kappa shape index (κ2) is 9.48. The fourth-order valence-corrected chi connectivity index (χ4v) is 3.28. The maximum absolute atomic E-state index is 9.34. The number of rotatable bonds is 8. The Kier molecular flexibility index (Phi) is 7.32. The van der Waals surface area contributed by atoms with Gasteiger partial charge < -0.3 is 20.1 Å². The Hall–Kier alpha value is -1.81. The number of hydrogen-bond donors (Lipinski definition) is 1. The van der Waals surface area contributed by atoms with Crippen LogP contribution in [0.2, 0.25) is 0 Å². The van der Waals surface area contributed by atoms with E-state index in [2.05, 4.69) is 15.9 Å². The van der Waals surface area contributed by atoms with Gasteiger partial charge in [0, 0.05) is 52.1 Å². The SMILES string of the molecule is COCCN(CCOC)C1CCN(c2ccc(N)cc2C#N)CC1. The molecule has 2 rings (SSSR count). The van der Waals surface area contributed by atoms with E-state index >= 15 is 0 Å². The molecule has 1 saturated heterocycles. The van der Waals surface area contributed by atoms with Crippen LogP contribution in [0.15, 0.2) is 18.2 Å².